The molecule has 7 heteroatoms. The van der Waals surface area contributed by atoms with Crippen LogP contribution in [0.4, 0.5) is 0 Å². The van der Waals surface area contributed by atoms with Gasteiger partial charge in [0.2, 0.25) is 5.91 Å². The number of carbonyl (C=O) groups excluding carboxylic acids is 1. The summed E-state index contributed by atoms with van der Waals surface area (Å²) in [6.07, 6.45) is 5.11. The molecule has 1 amide bonds. The lowest BCUT2D eigenvalue weighted by molar-refractivity contribution is -0.119. The van der Waals surface area contributed by atoms with Crippen molar-refractivity contribution in [3.05, 3.63) is 0 Å². The van der Waals surface area contributed by atoms with Crippen molar-refractivity contribution in [1.82, 2.24) is 20.9 Å². The van der Waals surface area contributed by atoms with Crippen LogP contribution >= 0.6 is 24.0 Å². The van der Waals surface area contributed by atoms with E-state index in [0.29, 0.717) is 12.6 Å². The maximum atomic E-state index is 11.4. The lowest BCUT2D eigenvalue weighted by atomic mass is 10.0. The van der Waals surface area contributed by atoms with E-state index in [1.54, 1.807) is 0 Å². The zero-order chi connectivity index (χ0) is 16.2. The number of nitrogens with one attached hydrogen (secondary N) is 3. The molecule has 0 bridgehead atoms. The van der Waals surface area contributed by atoms with Crippen LogP contribution < -0.4 is 16.0 Å². The number of nitrogens with zero attached hydrogens (tertiary/aromatic N) is 2. The molecule has 1 aliphatic rings. The average molecular weight is 439 g/mol. The Morgan fingerprint density at radius 2 is 1.91 bits per heavy atom. The van der Waals surface area contributed by atoms with E-state index in [2.05, 4.69) is 32.8 Å². The van der Waals surface area contributed by atoms with E-state index in [1.165, 1.54) is 25.8 Å². The number of likely N-dealkylation sites (N-methyl/N-ethyl adjacent to an activating group) is 1. The van der Waals surface area contributed by atoms with E-state index in [0.717, 1.165) is 32.0 Å². The Bertz CT molecular complexity index is 351. The fourth-order valence-electron chi connectivity index (χ4n) is 2.72. The lowest BCUT2D eigenvalue weighted by Crippen LogP contribution is -2.41. The van der Waals surface area contributed by atoms with E-state index in [4.69, 9.17) is 0 Å². The quantitative estimate of drug-likeness (QED) is 0.233. The predicted molar refractivity (Wildman–Crippen MR) is 108 cm³/mol. The van der Waals surface area contributed by atoms with Crippen molar-refractivity contribution in [2.24, 2.45) is 4.99 Å². The van der Waals surface area contributed by atoms with Crippen molar-refractivity contribution < 1.29 is 4.79 Å². The van der Waals surface area contributed by atoms with Gasteiger partial charge in [-0.1, -0.05) is 6.42 Å². The van der Waals surface area contributed by atoms with Gasteiger partial charge in [0.05, 0.1) is 0 Å². The third-order valence-electron chi connectivity index (χ3n) is 3.95. The molecule has 1 fully saturated rings. The minimum absolute atomic E-state index is 0. The summed E-state index contributed by atoms with van der Waals surface area (Å²) in [6, 6.07) is 0.716. The molecule has 1 aliphatic heterocycles. The zero-order valence-corrected chi connectivity index (χ0v) is 17.2. The van der Waals surface area contributed by atoms with Crippen LogP contribution in [0.2, 0.25) is 0 Å². The molecule has 1 saturated heterocycles. The van der Waals surface area contributed by atoms with Gasteiger partial charge < -0.3 is 20.9 Å². The monoisotopic (exact) mass is 439 g/mol. The molecule has 0 aromatic rings. The van der Waals surface area contributed by atoms with Gasteiger partial charge in [-0.15, -0.1) is 24.0 Å². The number of likely N-dealkylation sites (tertiary alicyclic amines) is 1. The Hall–Kier alpha value is -0.570. The van der Waals surface area contributed by atoms with E-state index in [-0.39, 0.29) is 36.4 Å². The van der Waals surface area contributed by atoms with Gasteiger partial charge >= 0.3 is 0 Å². The highest BCUT2D eigenvalue weighted by Gasteiger charge is 2.17. The van der Waals surface area contributed by atoms with Crippen LogP contribution in [0.5, 0.6) is 0 Å². The van der Waals surface area contributed by atoms with Crippen molar-refractivity contribution in [3.63, 3.8) is 0 Å². The fourth-order valence-corrected chi connectivity index (χ4v) is 2.72. The highest BCUT2D eigenvalue weighted by Crippen LogP contribution is 2.15. The highest BCUT2D eigenvalue weighted by molar-refractivity contribution is 14.0. The van der Waals surface area contributed by atoms with Crippen LogP contribution in [-0.4, -0.2) is 62.1 Å². The van der Waals surface area contributed by atoms with E-state index < -0.39 is 0 Å². The minimum Gasteiger partial charge on any atom is -0.357 e. The number of halogens is 1. The Kier molecular flexibility index (Phi) is 13.5. The Labute approximate surface area is 158 Å². The first-order valence-corrected chi connectivity index (χ1v) is 8.70. The average Bonchev–Trinajstić information content (AvgIpc) is 2.51. The maximum absolute atomic E-state index is 11.4. The molecule has 0 saturated carbocycles. The summed E-state index contributed by atoms with van der Waals surface area (Å²) in [6.45, 7) is 11.1. The van der Waals surface area contributed by atoms with Gasteiger partial charge in [-0.3, -0.25) is 4.79 Å². The molecule has 1 heterocycles. The number of aliphatic imine (C=N–C) groups is 1. The van der Waals surface area contributed by atoms with Crippen molar-refractivity contribution in [1.29, 1.82) is 0 Å². The highest BCUT2D eigenvalue weighted by atomic mass is 127. The van der Waals surface area contributed by atoms with Gasteiger partial charge in [-0.25, -0.2) is 4.99 Å². The Morgan fingerprint density at radius 3 is 2.57 bits per heavy atom. The summed E-state index contributed by atoms with van der Waals surface area (Å²) in [5, 5.41) is 9.23. The maximum Gasteiger partial charge on any atom is 0.241 e. The van der Waals surface area contributed by atoms with Crippen molar-refractivity contribution in [2.75, 3.05) is 39.3 Å². The number of carbonyl (C=O) groups is 1. The smallest absolute Gasteiger partial charge is 0.241 e. The summed E-state index contributed by atoms with van der Waals surface area (Å²) < 4.78 is 0. The normalized spacial score (nSPS) is 18.9. The molecule has 6 nitrogen and oxygen atoms in total. The van der Waals surface area contributed by atoms with Crippen LogP contribution in [0, 0.1) is 0 Å². The number of hydrogen-bond acceptors (Lipinski definition) is 3. The summed E-state index contributed by atoms with van der Waals surface area (Å²) in [5.74, 6) is 0.683. The topological polar surface area (TPSA) is 68.8 Å². The summed E-state index contributed by atoms with van der Waals surface area (Å²) in [7, 11) is 0. The van der Waals surface area contributed by atoms with Crippen LogP contribution in [0.1, 0.15) is 46.5 Å². The number of piperidine rings is 1. The molecular weight excluding hydrogens is 405 g/mol. The second-order valence-corrected chi connectivity index (χ2v) is 5.81. The standard InChI is InChI=1S/C16H33N5O.HI/c1-4-17-15(22)13-20-16(18-5-2)19-10-8-12-21-11-7-6-9-14(21)3;/h14H,4-13H2,1-3H3,(H,17,22)(H2,18,19,20);1H. The second kappa shape index (κ2) is 13.8. The summed E-state index contributed by atoms with van der Waals surface area (Å²) >= 11 is 0. The summed E-state index contributed by atoms with van der Waals surface area (Å²) in [5.41, 5.74) is 0. The first-order chi connectivity index (χ1) is 10.7. The molecule has 0 aromatic carbocycles. The lowest BCUT2D eigenvalue weighted by Gasteiger charge is -2.33. The molecule has 1 rings (SSSR count). The number of guanidine groups is 1. The van der Waals surface area contributed by atoms with Crippen molar-refractivity contribution in [2.45, 2.75) is 52.5 Å². The largest absolute Gasteiger partial charge is 0.357 e. The third-order valence-corrected chi connectivity index (χ3v) is 3.95. The van der Waals surface area contributed by atoms with E-state index in [1.807, 2.05) is 13.8 Å². The zero-order valence-electron chi connectivity index (χ0n) is 14.9. The van der Waals surface area contributed by atoms with Gasteiger partial charge in [0.1, 0.15) is 6.54 Å². The van der Waals surface area contributed by atoms with Gasteiger partial charge in [-0.05, 0) is 46.6 Å². The number of rotatable bonds is 8. The minimum atomic E-state index is -0.0400. The molecule has 1 unspecified atom stereocenters. The van der Waals surface area contributed by atoms with Crippen LogP contribution in [0.3, 0.4) is 0 Å². The third kappa shape index (κ3) is 10.0. The molecule has 136 valence electrons. The molecule has 0 aromatic heterocycles. The van der Waals surface area contributed by atoms with E-state index in [9.17, 15) is 4.79 Å². The van der Waals surface area contributed by atoms with Crippen LogP contribution in [0.15, 0.2) is 4.99 Å². The van der Waals surface area contributed by atoms with Crippen molar-refractivity contribution in [3.8, 4) is 0 Å². The SMILES string of the molecule is CCNC(=O)CN=C(NCC)NCCCN1CCCCC1C.I. The molecule has 1 atom stereocenters. The second-order valence-electron chi connectivity index (χ2n) is 5.81. The Morgan fingerprint density at radius 1 is 1.17 bits per heavy atom. The molecule has 23 heavy (non-hydrogen) atoms. The molecule has 0 radical (unpaired) electrons. The van der Waals surface area contributed by atoms with Gasteiger partial charge in [0, 0.05) is 32.2 Å². The number of amides is 1. The van der Waals surface area contributed by atoms with E-state index >= 15 is 0 Å². The van der Waals surface area contributed by atoms with Crippen LogP contribution in [0.25, 0.3) is 0 Å². The molecule has 3 N–H and O–H groups in total. The Balaban J connectivity index is 0.00000484. The van der Waals surface area contributed by atoms with Gasteiger partial charge in [0.15, 0.2) is 5.96 Å². The first kappa shape index (κ1) is 22.4. The summed E-state index contributed by atoms with van der Waals surface area (Å²) in [4.78, 5) is 18.3. The first-order valence-electron chi connectivity index (χ1n) is 8.70. The molecule has 0 spiro atoms. The predicted octanol–water partition coefficient (Wildman–Crippen LogP) is 1.56. The van der Waals surface area contributed by atoms with Crippen LogP contribution in [-0.2, 0) is 4.79 Å². The fraction of sp³-hybridized carbons (Fsp3) is 0.875. The van der Waals surface area contributed by atoms with Gasteiger partial charge in [0.25, 0.3) is 0 Å². The van der Waals surface area contributed by atoms with Gasteiger partial charge in [-0.2, -0.15) is 0 Å². The molecule has 0 aliphatic carbocycles. The molecular formula is C16H34IN5O. The van der Waals surface area contributed by atoms with Crippen molar-refractivity contribution >= 4 is 35.8 Å². The number of hydrogen-bond donors (Lipinski definition) is 3.